The van der Waals surface area contributed by atoms with E-state index in [1.165, 1.54) is 0 Å². The second-order valence-corrected chi connectivity index (χ2v) is 6.03. The van der Waals surface area contributed by atoms with E-state index in [0.717, 1.165) is 22.2 Å². The molecule has 6 nitrogen and oxygen atoms in total. The number of nitrogens with one attached hydrogen (secondary N) is 2. The smallest absolute Gasteiger partial charge is 0.261 e. The summed E-state index contributed by atoms with van der Waals surface area (Å²) in [5.41, 5.74) is 17.8. The molecule has 0 saturated heterocycles. The fourth-order valence-electron chi connectivity index (χ4n) is 3.01. The number of nitrogens with two attached hydrogens (primary N) is 2. The van der Waals surface area contributed by atoms with Gasteiger partial charge in [-0.3, -0.25) is 4.79 Å². The predicted molar refractivity (Wildman–Crippen MR) is 98.0 cm³/mol. The van der Waals surface area contributed by atoms with Gasteiger partial charge in [0.15, 0.2) is 0 Å². The summed E-state index contributed by atoms with van der Waals surface area (Å²) >= 11 is 0. The maximum atomic E-state index is 12.5. The molecule has 0 saturated carbocycles. The predicted octanol–water partition coefficient (Wildman–Crippen LogP) is 2.85. The Labute approximate surface area is 137 Å². The summed E-state index contributed by atoms with van der Waals surface area (Å²) in [7, 11) is 0. The highest BCUT2D eigenvalue weighted by Crippen LogP contribution is 2.30. The molecule has 2 heterocycles. The van der Waals surface area contributed by atoms with Gasteiger partial charge in [0, 0.05) is 11.1 Å². The molecular formula is C18H17N5O. The third-order valence-corrected chi connectivity index (χ3v) is 4.50. The molecule has 0 atom stereocenters. The molecule has 0 aliphatic carbocycles. The van der Waals surface area contributed by atoms with Crippen molar-refractivity contribution in [3.8, 4) is 11.4 Å². The average Bonchev–Trinajstić information content (AvgIpc) is 2.96. The molecule has 6 heteroatoms. The first-order chi connectivity index (χ1) is 11.5. The summed E-state index contributed by atoms with van der Waals surface area (Å²) in [6, 6.07) is 9.17. The number of pyridine rings is 1. The van der Waals surface area contributed by atoms with Gasteiger partial charge in [-0.15, -0.1) is 0 Å². The van der Waals surface area contributed by atoms with E-state index in [0.29, 0.717) is 33.7 Å². The zero-order chi connectivity index (χ0) is 17.0. The van der Waals surface area contributed by atoms with Gasteiger partial charge in [-0.2, -0.15) is 0 Å². The first-order valence-electron chi connectivity index (χ1n) is 7.63. The molecule has 0 spiro atoms. The topological polar surface area (TPSA) is 114 Å². The highest BCUT2D eigenvalue weighted by molar-refractivity contribution is 5.99. The number of hydrogen-bond acceptors (Lipinski definition) is 4. The van der Waals surface area contributed by atoms with E-state index in [1.807, 2.05) is 26.0 Å². The fraction of sp³-hybridized carbons (Fsp3) is 0.111. The standard InChI is InChI=1S/C18H17N5O/c1-8-3-5-13-16(9(8)2)23-17(21-13)14-15(20)11-7-10(19)4-6-12(11)22-18(14)24/h3-7H,19H2,1-2H3,(H,21,23)(H3,20,22,24). The van der Waals surface area contributed by atoms with Crippen LogP contribution in [0, 0.1) is 13.8 Å². The maximum Gasteiger partial charge on any atom is 0.261 e. The monoisotopic (exact) mass is 319 g/mol. The molecular weight excluding hydrogens is 302 g/mol. The number of fused-ring (bicyclic) bond motifs is 2. The van der Waals surface area contributed by atoms with E-state index in [2.05, 4.69) is 15.0 Å². The Balaban J connectivity index is 2.06. The van der Waals surface area contributed by atoms with Gasteiger partial charge in [0.05, 0.1) is 22.2 Å². The lowest BCUT2D eigenvalue weighted by atomic mass is 10.1. The van der Waals surface area contributed by atoms with Crippen LogP contribution in [0.4, 0.5) is 11.4 Å². The van der Waals surface area contributed by atoms with Gasteiger partial charge < -0.3 is 21.4 Å². The minimum absolute atomic E-state index is 0.279. The van der Waals surface area contributed by atoms with Gasteiger partial charge in [0.25, 0.3) is 5.56 Å². The number of H-pyrrole nitrogens is 2. The highest BCUT2D eigenvalue weighted by atomic mass is 16.1. The number of nitrogens with zero attached hydrogens (tertiary/aromatic N) is 1. The van der Waals surface area contributed by atoms with Gasteiger partial charge in [0.2, 0.25) is 0 Å². The van der Waals surface area contributed by atoms with E-state index in [1.54, 1.807) is 18.2 Å². The molecule has 24 heavy (non-hydrogen) atoms. The maximum absolute atomic E-state index is 12.5. The van der Waals surface area contributed by atoms with Crippen molar-refractivity contribution in [3.63, 3.8) is 0 Å². The van der Waals surface area contributed by atoms with Crippen molar-refractivity contribution in [2.75, 3.05) is 11.5 Å². The number of anilines is 2. The normalized spacial score (nSPS) is 11.4. The van der Waals surface area contributed by atoms with Gasteiger partial charge in [-0.05, 0) is 49.2 Å². The van der Waals surface area contributed by atoms with Crippen LogP contribution in [0.25, 0.3) is 33.3 Å². The lowest BCUT2D eigenvalue weighted by Crippen LogP contribution is -2.13. The Kier molecular flexibility index (Phi) is 2.90. The Hall–Kier alpha value is -3.28. The van der Waals surface area contributed by atoms with Crippen LogP contribution in [0.5, 0.6) is 0 Å². The second kappa shape index (κ2) is 4.86. The van der Waals surface area contributed by atoms with Crippen LogP contribution in [0.15, 0.2) is 35.1 Å². The van der Waals surface area contributed by atoms with Crippen LogP contribution in [0.2, 0.25) is 0 Å². The van der Waals surface area contributed by atoms with Crippen LogP contribution < -0.4 is 17.0 Å². The first-order valence-corrected chi connectivity index (χ1v) is 7.63. The van der Waals surface area contributed by atoms with Crippen LogP contribution in [0.1, 0.15) is 11.1 Å². The van der Waals surface area contributed by atoms with E-state index in [4.69, 9.17) is 11.5 Å². The fourth-order valence-corrected chi connectivity index (χ4v) is 3.01. The Morgan fingerprint density at radius 3 is 2.62 bits per heavy atom. The van der Waals surface area contributed by atoms with E-state index < -0.39 is 0 Å². The number of rotatable bonds is 1. The molecule has 120 valence electrons. The van der Waals surface area contributed by atoms with Crippen molar-refractivity contribution < 1.29 is 0 Å². The molecule has 0 fully saturated rings. The number of aryl methyl sites for hydroxylation is 2. The van der Waals surface area contributed by atoms with Gasteiger partial charge in [-0.1, -0.05) is 6.07 Å². The van der Waals surface area contributed by atoms with Crippen LogP contribution >= 0.6 is 0 Å². The molecule has 0 unspecified atom stereocenters. The lowest BCUT2D eigenvalue weighted by molar-refractivity contribution is 1.25. The molecule has 0 aliphatic heterocycles. The zero-order valence-electron chi connectivity index (χ0n) is 13.4. The number of nitrogen functional groups attached to an aromatic ring is 2. The summed E-state index contributed by atoms with van der Waals surface area (Å²) < 4.78 is 0. The Morgan fingerprint density at radius 2 is 1.83 bits per heavy atom. The number of aromatic amines is 2. The van der Waals surface area contributed by atoms with Gasteiger partial charge in [0.1, 0.15) is 11.4 Å². The van der Waals surface area contributed by atoms with E-state index >= 15 is 0 Å². The molecule has 0 radical (unpaired) electrons. The quantitative estimate of drug-likeness (QED) is 0.404. The third kappa shape index (κ3) is 1.96. The van der Waals surface area contributed by atoms with Gasteiger partial charge >= 0.3 is 0 Å². The summed E-state index contributed by atoms with van der Waals surface area (Å²) in [4.78, 5) is 23.2. The van der Waals surface area contributed by atoms with Gasteiger partial charge in [-0.25, -0.2) is 4.98 Å². The summed E-state index contributed by atoms with van der Waals surface area (Å²) in [5, 5.41) is 0.706. The van der Waals surface area contributed by atoms with Crippen molar-refractivity contribution in [1.29, 1.82) is 0 Å². The summed E-state index contributed by atoms with van der Waals surface area (Å²) in [5.74, 6) is 0.460. The van der Waals surface area contributed by atoms with Crippen molar-refractivity contribution in [2.24, 2.45) is 0 Å². The average molecular weight is 319 g/mol. The number of imidazole rings is 1. The molecule has 4 aromatic rings. The molecule has 2 aromatic heterocycles. The van der Waals surface area contributed by atoms with Crippen molar-refractivity contribution in [2.45, 2.75) is 13.8 Å². The summed E-state index contributed by atoms with van der Waals surface area (Å²) in [6.07, 6.45) is 0. The molecule has 2 aromatic carbocycles. The molecule has 0 amide bonds. The van der Waals surface area contributed by atoms with Crippen LogP contribution in [-0.2, 0) is 0 Å². The largest absolute Gasteiger partial charge is 0.399 e. The molecule has 6 N–H and O–H groups in total. The van der Waals surface area contributed by atoms with Crippen LogP contribution in [-0.4, -0.2) is 15.0 Å². The number of benzene rings is 2. The minimum Gasteiger partial charge on any atom is -0.399 e. The van der Waals surface area contributed by atoms with E-state index in [-0.39, 0.29) is 5.56 Å². The third-order valence-electron chi connectivity index (χ3n) is 4.50. The zero-order valence-corrected chi connectivity index (χ0v) is 13.4. The summed E-state index contributed by atoms with van der Waals surface area (Å²) in [6.45, 7) is 4.06. The number of aromatic nitrogens is 3. The molecule has 0 aliphatic rings. The number of hydrogen-bond donors (Lipinski definition) is 4. The van der Waals surface area contributed by atoms with Crippen molar-refractivity contribution >= 4 is 33.3 Å². The highest BCUT2D eigenvalue weighted by Gasteiger charge is 2.17. The minimum atomic E-state index is -0.279. The second-order valence-electron chi connectivity index (χ2n) is 6.03. The Bertz CT molecular complexity index is 1170. The molecule has 0 bridgehead atoms. The molecule has 4 rings (SSSR count). The SMILES string of the molecule is Cc1ccc2nc(-c3c(N)c4cc(N)ccc4[nH]c3=O)[nH]c2c1C. The first kappa shape index (κ1) is 14.3. The van der Waals surface area contributed by atoms with Crippen LogP contribution in [0.3, 0.4) is 0 Å². The van der Waals surface area contributed by atoms with E-state index in [9.17, 15) is 4.79 Å². The van der Waals surface area contributed by atoms with Crippen molar-refractivity contribution in [3.05, 3.63) is 51.8 Å². The van der Waals surface area contributed by atoms with Crippen molar-refractivity contribution in [1.82, 2.24) is 15.0 Å². The lowest BCUT2D eigenvalue weighted by Gasteiger charge is -2.07. The Morgan fingerprint density at radius 1 is 1.04 bits per heavy atom.